The van der Waals surface area contributed by atoms with E-state index >= 15 is 0 Å². The van der Waals surface area contributed by atoms with E-state index in [-0.39, 0.29) is 0 Å². The highest BCUT2D eigenvalue weighted by Gasteiger charge is 2.13. The zero-order valence-electron chi connectivity index (χ0n) is 15.3. The standard InChI is InChI=1S/C22H21N3/c1-12-8-13(2)10-18(9-12)21-19-7-6-17-11-14(3)23-15(4)20(17)22(19)25-16(5)24-21/h6-11H,1-5H3. The Kier molecular flexibility index (Phi) is 3.53. The fourth-order valence-electron chi connectivity index (χ4n) is 3.73. The Hall–Kier alpha value is -2.81. The number of hydrogen-bond acceptors (Lipinski definition) is 3. The maximum Gasteiger partial charge on any atom is 0.126 e. The number of pyridine rings is 1. The van der Waals surface area contributed by atoms with E-state index in [0.29, 0.717) is 0 Å². The molecule has 2 heterocycles. The summed E-state index contributed by atoms with van der Waals surface area (Å²) in [4.78, 5) is 14.2. The van der Waals surface area contributed by atoms with Crippen molar-refractivity contribution in [2.24, 2.45) is 0 Å². The third kappa shape index (κ3) is 2.66. The quantitative estimate of drug-likeness (QED) is 0.440. The molecule has 0 radical (unpaired) electrons. The molecule has 0 N–H and O–H groups in total. The molecular weight excluding hydrogens is 306 g/mol. The minimum Gasteiger partial charge on any atom is -0.258 e. The van der Waals surface area contributed by atoms with Gasteiger partial charge in [-0.1, -0.05) is 23.3 Å². The molecule has 0 amide bonds. The lowest BCUT2D eigenvalue weighted by atomic mass is 9.98. The molecule has 0 unspecified atom stereocenters. The van der Waals surface area contributed by atoms with Gasteiger partial charge in [-0.05, 0) is 64.3 Å². The average molecular weight is 327 g/mol. The van der Waals surface area contributed by atoms with Crippen molar-refractivity contribution in [3.63, 3.8) is 0 Å². The molecule has 2 aromatic carbocycles. The first-order valence-corrected chi connectivity index (χ1v) is 8.56. The molecule has 2 aromatic heterocycles. The lowest BCUT2D eigenvalue weighted by molar-refractivity contribution is 1.09. The Labute approximate surface area is 147 Å². The van der Waals surface area contributed by atoms with Crippen LogP contribution in [0.25, 0.3) is 32.9 Å². The number of aromatic nitrogens is 3. The van der Waals surface area contributed by atoms with E-state index < -0.39 is 0 Å². The molecule has 4 aromatic rings. The SMILES string of the molecule is Cc1cc(C)cc(-c2nc(C)nc3c2ccc2cc(C)nc(C)c23)c1. The van der Waals surface area contributed by atoms with Gasteiger partial charge >= 0.3 is 0 Å². The predicted molar refractivity (Wildman–Crippen MR) is 104 cm³/mol. The van der Waals surface area contributed by atoms with E-state index in [2.05, 4.69) is 62.2 Å². The summed E-state index contributed by atoms with van der Waals surface area (Å²) in [5, 5.41) is 3.39. The van der Waals surface area contributed by atoms with E-state index in [1.54, 1.807) is 0 Å². The van der Waals surface area contributed by atoms with Crippen molar-refractivity contribution in [2.75, 3.05) is 0 Å². The second-order valence-corrected chi connectivity index (χ2v) is 6.90. The van der Waals surface area contributed by atoms with E-state index in [9.17, 15) is 0 Å². The minimum atomic E-state index is 0.786. The van der Waals surface area contributed by atoms with Crippen LogP contribution in [-0.2, 0) is 0 Å². The van der Waals surface area contributed by atoms with E-state index in [0.717, 1.165) is 44.8 Å². The third-order valence-corrected chi connectivity index (χ3v) is 4.58. The molecule has 0 bridgehead atoms. The Bertz CT molecular complexity index is 1120. The number of benzene rings is 2. The van der Waals surface area contributed by atoms with Gasteiger partial charge in [0.2, 0.25) is 0 Å². The van der Waals surface area contributed by atoms with Crippen molar-refractivity contribution in [3.05, 3.63) is 64.7 Å². The van der Waals surface area contributed by atoms with Crippen LogP contribution in [0, 0.1) is 34.6 Å². The predicted octanol–water partition coefficient (Wildman–Crippen LogP) is 5.39. The van der Waals surface area contributed by atoms with Gasteiger partial charge in [-0.2, -0.15) is 0 Å². The first-order chi connectivity index (χ1) is 11.9. The minimum absolute atomic E-state index is 0.786. The van der Waals surface area contributed by atoms with Crippen molar-refractivity contribution < 1.29 is 0 Å². The Morgan fingerprint density at radius 1 is 0.720 bits per heavy atom. The average Bonchev–Trinajstić information content (AvgIpc) is 2.52. The second kappa shape index (κ2) is 5.62. The van der Waals surface area contributed by atoms with E-state index in [4.69, 9.17) is 9.97 Å². The molecule has 3 heteroatoms. The number of nitrogens with zero attached hydrogens (tertiary/aromatic N) is 3. The number of rotatable bonds is 1. The van der Waals surface area contributed by atoms with Gasteiger partial charge in [-0.25, -0.2) is 9.97 Å². The first kappa shape index (κ1) is 15.7. The van der Waals surface area contributed by atoms with Crippen LogP contribution in [0.2, 0.25) is 0 Å². The lowest BCUT2D eigenvalue weighted by Gasteiger charge is -2.12. The zero-order chi connectivity index (χ0) is 17.7. The fourth-order valence-corrected chi connectivity index (χ4v) is 3.73. The van der Waals surface area contributed by atoms with Crippen LogP contribution in [0.3, 0.4) is 0 Å². The molecule has 0 fully saturated rings. The van der Waals surface area contributed by atoms with Gasteiger partial charge in [-0.3, -0.25) is 4.98 Å². The summed E-state index contributed by atoms with van der Waals surface area (Å²) in [7, 11) is 0. The van der Waals surface area contributed by atoms with Crippen LogP contribution in [0.15, 0.2) is 36.4 Å². The molecule has 4 rings (SSSR count). The van der Waals surface area contributed by atoms with Gasteiger partial charge in [0.15, 0.2) is 0 Å². The maximum absolute atomic E-state index is 4.78. The summed E-state index contributed by atoms with van der Waals surface area (Å²) in [5.74, 6) is 0.786. The molecule has 0 aliphatic rings. The summed E-state index contributed by atoms with van der Waals surface area (Å²) < 4.78 is 0. The van der Waals surface area contributed by atoms with Gasteiger partial charge in [0.25, 0.3) is 0 Å². The van der Waals surface area contributed by atoms with Crippen LogP contribution >= 0.6 is 0 Å². The molecule has 0 aliphatic heterocycles. The summed E-state index contributed by atoms with van der Waals surface area (Å²) in [6.07, 6.45) is 0. The molecule has 0 spiro atoms. The summed E-state index contributed by atoms with van der Waals surface area (Å²) in [6, 6.07) is 13.0. The molecule has 25 heavy (non-hydrogen) atoms. The van der Waals surface area contributed by atoms with Crippen LogP contribution < -0.4 is 0 Å². The van der Waals surface area contributed by atoms with Gasteiger partial charge in [-0.15, -0.1) is 0 Å². The number of fused-ring (bicyclic) bond motifs is 3. The van der Waals surface area contributed by atoms with Gasteiger partial charge < -0.3 is 0 Å². The molecular formula is C22H21N3. The highest BCUT2D eigenvalue weighted by atomic mass is 14.9. The topological polar surface area (TPSA) is 38.7 Å². The van der Waals surface area contributed by atoms with Crippen molar-refractivity contribution >= 4 is 21.7 Å². The Morgan fingerprint density at radius 3 is 2.16 bits per heavy atom. The van der Waals surface area contributed by atoms with Gasteiger partial charge in [0.1, 0.15) is 5.82 Å². The van der Waals surface area contributed by atoms with Crippen molar-refractivity contribution in [2.45, 2.75) is 34.6 Å². The lowest BCUT2D eigenvalue weighted by Crippen LogP contribution is -1.97. The molecule has 0 atom stereocenters. The number of aryl methyl sites for hydroxylation is 5. The smallest absolute Gasteiger partial charge is 0.126 e. The van der Waals surface area contributed by atoms with Crippen molar-refractivity contribution in [3.8, 4) is 11.3 Å². The van der Waals surface area contributed by atoms with Crippen LogP contribution in [0.5, 0.6) is 0 Å². The molecule has 0 aliphatic carbocycles. The van der Waals surface area contributed by atoms with Gasteiger partial charge in [0.05, 0.1) is 11.2 Å². The largest absolute Gasteiger partial charge is 0.258 e. The highest BCUT2D eigenvalue weighted by Crippen LogP contribution is 2.33. The molecule has 0 saturated heterocycles. The third-order valence-electron chi connectivity index (χ3n) is 4.58. The van der Waals surface area contributed by atoms with E-state index in [1.807, 2.05) is 13.8 Å². The summed E-state index contributed by atoms with van der Waals surface area (Å²) in [6.45, 7) is 10.3. The fraction of sp³-hybridized carbons (Fsp3) is 0.227. The van der Waals surface area contributed by atoms with E-state index in [1.165, 1.54) is 16.5 Å². The molecule has 0 saturated carbocycles. The maximum atomic E-state index is 4.78. The first-order valence-electron chi connectivity index (χ1n) is 8.56. The summed E-state index contributed by atoms with van der Waals surface area (Å²) >= 11 is 0. The van der Waals surface area contributed by atoms with Gasteiger partial charge in [0, 0.05) is 27.7 Å². The van der Waals surface area contributed by atoms with Crippen LogP contribution in [0.1, 0.15) is 28.3 Å². The normalized spacial score (nSPS) is 11.4. The number of hydrogen-bond donors (Lipinski definition) is 0. The molecule has 124 valence electrons. The van der Waals surface area contributed by atoms with Crippen LogP contribution in [0.4, 0.5) is 0 Å². The van der Waals surface area contributed by atoms with Crippen molar-refractivity contribution in [1.29, 1.82) is 0 Å². The summed E-state index contributed by atoms with van der Waals surface area (Å²) in [5.41, 5.74) is 7.67. The monoisotopic (exact) mass is 327 g/mol. The van der Waals surface area contributed by atoms with Crippen molar-refractivity contribution in [1.82, 2.24) is 15.0 Å². The zero-order valence-corrected chi connectivity index (χ0v) is 15.3. The van der Waals surface area contributed by atoms with Crippen LogP contribution in [-0.4, -0.2) is 15.0 Å². The second-order valence-electron chi connectivity index (χ2n) is 6.90. The highest BCUT2D eigenvalue weighted by molar-refractivity contribution is 6.10. The Balaban J connectivity index is 2.15. The Morgan fingerprint density at radius 2 is 1.44 bits per heavy atom. The molecule has 3 nitrogen and oxygen atoms in total.